The molecule has 1 aromatic carbocycles. The highest BCUT2D eigenvalue weighted by Crippen LogP contribution is 2.28. The number of nitrogens with one attached hydrogen (secondary N) is 2. The first kappa shape index (κ1) is 14.2. The fraction of sp³-hybridized carbons (Fsp3) is 0.533. The van der Waals surface area contributed by atoms with Gasteiger partial charge in [-0.25, -0.2) is 0 Å². The van der Waals surface area contributed by atoms with Crippen molar-refractivity contribution in [2.75, 3.05) is 13.1 Å². The first-order chi connectivity index (χ1) is 9.19. The summed E-state index contributed by atoms with van der Waals surface area (Å²) in [5, 5.41) is 7.52. The molecule has 0 aliphatic heterocycles. The van der Waals surface area contributed by atoms with Gasteiger partial charge in [0.1, 0.15) is 0 Å². The number of nitrogens with zero attached hydrogens (tertiary/aromatic N) is 1. The van der Waals surface area contributed by atoms with E-state index < -0.39 is 0 Å². The zero-order chi connectivity index (χ0) is 13.7. The van der Waals surface area contributed by atoms with Gasteiger partial charge in [0.25, 0.3) is 0 Å². The van der Waals surface area contributed by atoms with Gasteiger partial charge < -0.3 is 10.6 Å². The highest BCUT2D eigenvalue weighted by atomic mass is 35.5. The topological polar surface area (TPSA) is 36.4 Å². The van der Waals surface area contributed by atoms with E-state index in [1.54, 1.807) is 0 Å². The number of halogens is 1. The Labute approximate surface area is 120 Å². The monoisotopic (exact) mass is 279 g/mol. The normalized spacial score (nSPS) is 22.2. The lowest BCUT2D eigenvalue weighted by Crippen LogP contribution is -2.39. The molecular weight excluding hydrogens is 258 g/mol. The van der Waals surface area contributed by atoms with Crippen molar-refractivity contribution in [1.29, 1.82) is 0 Å². The van der Waals surface area contributed by atoms with Crippen LogP contribution in [0.15, 0.2) is 29.3 Å². The van der Waals surface area contributed by atoms with Gasteiger partial charge >= 0.3 is 0 Å². The van der Waals surface area contributed by atoms with E-state index in [4.69, 9.17) is 11.6 Å². The average Bonchev–Trinajstić information content (AvgIpc) is 3.07. The van der Waals surface area contributed by atoms with Crippen molar-refractivity contribution in [3.63, 3.8) is 0 Å². The van der Waals surface area contributed by atoms with Crippen LogP contribution < -0.4 is 10.6 Å². The molecular formula is C15H22ClN3. The maximum Gasteiger partial charge on any atom is 0.191 e. The van der Waals surface area contributed by atoms with Crippen LogP contribution in [-0.4, -0.2) is 25.1 Å². The third kappa shape index (κ3) is 4.75. The van der Waals surface area contributed by atoms with E-state index >= 15 is 0 Å². The van der Waals surface area contributed by atoms with E-state index in [2.05, 4.69) is 41.6 Å². The van der Waals surface area contributed by atoms with E-state index in [1.807, 2.05) is 12.1 Å². The highest BCUT2D eigenvalue weighted by molar-refractivity contribution is 6.30. The van der Waals surface area contributed by atoms with Gasteiger partial charge in [-0.3, -0.25) is 4.99 Å². The van der Waals surface area contributed by atoms with Crippen molar-refractivity contribution in [2.45, 2.75) is 32.7 Å². The molecule has 0 amide bonds. The molecule has 1 aliphatic carbocycles. The van der Waals surface area contributed by atoms with Crippen LogP contribution in [-0.2, 0) is 6.42 Å². The zero-order valence-electron chi connectivity index (χ0n) is 11.6. The number of hydrogen-bond acceptors (Lipinski definition) is 1. The fourth-order valence-corrected chi connectivity index (χ4v) is 2.09. The third-order valence-electron chi connectivity index (χ3n) is 3.36. The molecule has 3 nitrogen and oxygen atoms in total. The van der Waals surface area contributed by atoms with E-state index in [0.29, 0.717) is 6.04 Å². The number of guanidine groups is 1. The van der Waals surface area contributed by atoms with E-state index in [1.165, 1.54) is 12.0 Å². The second kappa shape index (κ2) is 6.80. The molecule has 2 atom stereocenters. The summed E-state index contributed by atoms with van der Waals surface area (Å²) in [6, 6.07) is 8.57. The Morgan fingerprint density at radius 2 is 2.05 bits per heavy atom. The van der Waals surface area contributed by atoms with E-state index in [0.717, 1.165) is 36.4 Å². The quantitative estimate of drug-likeness (QED) is 0.642. The molecule has 1 saturated carbocycles. The molecule has 2 N–H and O–H groups in total. The summed E-state index contributed by atoms with van der Waals surface area (Å²) in [7, 11) is 0. The predicted octanol–water partition coefficient (Wildman–Crippen LogP) is 2.85. The summed E-state index contributed by atoms with van der Waals surface area (Å²) in [5.41, 5.74) is 1.27. The van der Waals surface area contributed by atoms with Crippen molar-refractivity contribution in [3.05, 3.63) is 34.9 Å². The molecule has 104 valence electrons. The van der Waals surface area contributed by atoms with Crippen LogP contribution >= 0.6 is 11.6 Å². The molecule has 2 rings (SSSR count). The van der Waals surface area contributed by atoms with Crippen molar-refractivity contribution >= 4 is 17.6 Å². The minimum Gasteiger partial charge on any atom is -0.357 e. The van der Waals surface area contributed by atoms with Gasteiger partial charge in [-0.05, 0) is 43.4 Å². The Bertz CT molecular complexity index is 428. The molecule has 0 heterocycles. The fourth-order valence-electron chi connectivity index (χ4n) is 1.97. The summed E-state index contributed by atoms with van der Waals surface area (Å²) in [6.45, 7) is 6.04. The van der Waals surface area contributed by atoms with Gasteiger partial charge in [0.05, 0.1) is 0 Å². The molecule has 2 unspecified atom stereocenters. The van der Waals surface area contributed by atoms with Crippen molar-refractivity contribution in [2.24, 2.45) is 10.9 Å². The second-order valence-corrected chi connectivity index (χ2v) is 5.54. The zero-order valence-corrected chi connectivity index (χ0v) is 12.4. The van der Waals surface area contributed by atoms with Gasteiger partial charge in [0.15, 0.2) is 5.96 Å². The summed E-state index contributed by atoms with van der Waals surface area (Å²) < 4.78 is 0. The van der Waals surface area contributed by atoms with Crippen LogP contribution in [0.5, 0.6) is 0 Å². The largest absolute Gasteiger partial charge is 0.357 e. The Morgan fingerprint density at radius 3 is 2.63 bits per heavy atom. The van der Waals surface area contributed by atoms with Crippen LogP contribution in [0.3, 0.4) is 0 Å². The molecule has 4 heteroatoms. The lowest BCUT2D eigenvalue weighted by atomic mass is 10.1. The summed E-state index contributed by atoms with van der Waals surface area (Å²) in [6.07, 6.45) is 2.19. The van der Waals surface area contributed by atoms with Gasteiger partial charge in [0, 0.05) is 24.2 Å². The predicted molar refractivity (Wildman–Crippen MR) is 81.8 cm³/mol. The molecule has 1 aromatic rings. The highest BCUT2D eigenvalue weighted by Gasteiger charge is 2.33. The molecule has 1 fully saturated rings. The number of aliphatic imine (C=N–C) groups is 1. The average molecular weight is 280 g/mol. The van der Waals surface area contributed by atoms with Gasteiger partial charge in [-0.2, -0.15) is 0 Å². The van der Waals surface area contributed by atoms with Crippen molar-refractivity contribution in [3.8, 4) is 0 Å². The molecule has 0 bridgehead atoms. The standard InChI is InChI=1S/C15H22ClN3/c1-3-17-15(19-14-10-11(14)2)18-9-8-12-4-6-13(16)7-5-12/h4-7,11,14H,3,8-10H2,1-2H3,(H2,17,18,19). The first-order valence-electron chi connectivity index (χ1n) is 6.98. The summed E-state index contributed by atoms with van der Waals surface area (Å²) in [5.74, 6) is 1.71. The third-order valence-corrected chi connectivity index (χ3v) is 3.61. The van der Waals surface area contributed by atoms with Crippen molar-refractivity contribution < 1.29 is 0 Å². The molecule has 0 saturated heterocycles. The number of benzene rings is 1. The maximum atomic E-state index is 5.87. The minimum absolute atomic E-state index is 0.605. The summed E-state index contributed by atoms with van der Waals surface area (Å²) in [4.78, 5) is 4.61. The van der Waals surface area contributed by atoms with Gasteiger partial charge in [-0.15, -0.1) is 0 Å². The van der Waals surface area contributed by atoms with Gasteiger partial charge in [-0.1, -0.05) is 30.7 Å². The SMILES string of the molecule is CCNC(=NCCc1ccc(Cl)cc1)NC1CC1C. The Balaban J connectivity index is 1.81. The molecule has 0 spiro atoms. The number of hydrogen-bond donors (Lipinski definition) is 2. The van der Waals surface area contributed by atoms with E-state index in [9.17, 15) is 0 Å². The van der Waals surface area contributed by atoms with Crippen LogP contribution in [0.1, 0.15) is 25.8 Å². The van der Waals surface area contributed by atoms with Crippen LogP contribution in [0.4, 0.5) is 0 Å². The van der Waals surface area contributed by atoms with Crippen LogP contribution in [0.2, 0.25) is 5.02 Å². The number of rotatable bonds is 5. The van der Waals surface area contributed by atoms with Crippen LogP contribution in [0.25, 0.3) is 0 Å². The lowest BCUT2D eigenvalue weighted by Gasteiger charge is -2.10. The first-order valence-corrected chi connectivity index (χ1v) is 7.36. The smallest absolute Gasteiger partial charge is 0.191 e. The molecule has 19 heavy (non-hydrogen) atoms. The van der Waals surface area contributed by atoms with Crippen LogP contribution in [0, 0.1) is 5.92 Å². The Morgan fingerprint density at radius 1 is 1.37 bits per heavy atom. The van der Waals surface area contributed by atoms with E-state index in [-0.39, 0.29) is 0 Å². The Kier molecular flexibility index (Phi) is 5.08. The molecule has 0 aromatic heterocycles. The molecule has 1 aliphatic rings. The summed E-state index contributed by atoms with van der Waals surface area (Å²) >= 11 is 5.87. The van der Waals surface area contributed by atoms with Crippen molar-refractivity contribution in [1.82, 2.24) is 10.6 Å². The minimum atomic E-state index is 0.605. The van der Waals surface area contributed by atoms with Gasteiger partial charge in [0.2, 0.25) is 0 Å². The lowest BCUT2D eigenvalue weighted by molar-refractivity contribution is 0.765. The Hall–Kier alpha value is -1.22. The maximum absolute atomic E-state index is 5.87. The molecule has 0 radical (unpaired) electrons. The second-order valence-electron chi connectivity index (χ2n) is 5.10.